The van der Waals surface area contributed by atoms with Crippen molar-refractivity contribution >= 4 is 5.57 Å². The fraction of sp³-hybridized carbons (Fsp3) is 0.483. The molecule has 0 unspecified atom stereocenters. The number of hydrogen-bond donors (Lipinski definition) is 0. The van der Waals surface area contributed by atoms with E-state index in [1.54, 1.807) is 0 Å². The van der Waals surface area contributed by atoms with Crippen molar-refractivity contribution in [3.8, 4) is 11.8 Å². The maximum absolute atomic E-state index is 5.26. The number of benzene rings is 1. The lowest BCUT2D eigenvalue weighted by Gasteiger charge is -2.33. The van der Waals surface area contributed by atoms with Gasteiger partial charge in [-0.1, -0.05) is 56.4 Å². The van der Waals surface area contributed by atoms with E-state index >= 15 is 0 Å². The predicted molar refractivity (Wildman–Crippen MR) is 132 cm³/mol. The molecule has 0 bridgehead atoms. The van der Waals surface area contributed by atoms with Gasteiger partial charge in [-0.25, -0.2) is 4.98 Å². The molecule has 4 rings (SSSR count). The molecule has 0 radical (unpaired) electrons. The number of rotatable bonds is 9. The summed E-state index contributed by atoms with van der Waals surface area (Å²) in [6.07, 6.45) is 13.6. The Morgan fingerprint density at radius 1 is 1.19 bits per heavy atom. The Kier molecular flexibility index (Phi) is 7.66. The third-order valence-electron chi connectivity index (χ3n) is 6.84. The molecule has 1 aromatic heterocycles. The van der Waals surface area contributed by atoms with E-state index < -0.39 is 0 Å². The van der Waals surface area contributed by atoms with Gasteiger partial charge in [-0.3, -0.25) is 0 Å². The minimum atomic E-state index is 0.591. The number of allylic oxidation sites excluding steroid dienone is 3. The highest BCUT2D eigenvalue weighted by molar-refractivity contribution is 5.66. The van der Waals surface area contributed by atoms with E-state index in [2.05, 4.69) is 72.2 Å². The first-order valence-electron chi connectivity index (χ1n) is 12.2. The van der Waals surface area contributed by atoms with Crippen molar-refractivity contribution in [1.82, 2.24) is 9.55 Å². The molecule has 2 heterocycles. The molecule has 0 spiro atoms. The van der Waals surface area contributed by atoms with Gasteiger partial charge in [-0.15, -0.1) is 0 Å². The molecule has 2 fully saturated rings. The van der Waals surface area contributed by atoms with E-state index in [-0.39, 0.29) is 0 Å². The molecule has 2 aliphatic rings. The van der Waals surface area contributed by atoms with Gasteiger partial charge in [-0.2, -0.15) is 0 Å². The normalized spacial score (nSPS) is 20.8. The van der Waals surface area contributed by atoms with E-state index in [0.717, 1.165) is 55.0 Å². The predicted octanol–water partition coefficient (Wildman–Crippen LogP) is 6.30. The van der Waals surface area contributed by atoms with Crippen molar-refractivity contribution in [3.05, 3.63) is 71.8 Å². The Morgan fingerprint density at radius 2 is 1.94 bits per heavy atom. The highest BCUT2D eigenvalue weighted by atomic mass is 16.5. The number of imidazole rings is 1. The molecule has 1 aliphatic heterocycles. The minimum absolute atomic E-state index is 0.591. The van der Waals surface area contributed by atoms with Crippen LogP contribution in [0.15, 0.2) is 54.9 Å². The summed E-state index contributed by atoms with van der Waals surface area (Å²) in [6.45, 7) is 11.3. The van der Waals surface area contributed by atoms with Crippen LogP contribution in [-0.2, 0) is 17.7 Å². The molecule has 2 aromatic rings. The quantitative estimate of drug-likeness (QED) is 0.346. The lowest BCUT2D eigenvalue weighted by Crippen LogP contribution is -2.28. The van der Waals surface area contributed by atoms with Crippen LogP contribution >= 0.6 is 0 Å². The van der Waals surface area contributed by atoms with Crippen LogP contribution in [0.4, 0.5) is 0 Å². The van der Waals surface area contributed by atoms with Crippen molar-refractivity contribution < 1.29 is 4.74 Å². The second-order valence-corrected chi connectivity index (χ2v) is 9.53. The zero-order valence-electron chi connectivity index (χ0n) is 19.6. The summed E-state index contributed by atoms with van der Waals surface area (Å²) < 4.78 is 7.43. The fourth-order valence-corrected chi connectivity index (χ4v) is 4.69. The molecule has 1 aromatic carbocycles. The molecule has 3 heteroatoms. The van der Waals surface area contributed by atoms with Crippen molar-refractivity contribution in [2.24, 2.45) is 17.8 Å². The van der Waals surface area contributed by atoms with Gasteiger partial charge < -0.3 is 9.30 Å². The Hall–Kier alpha value is -2.57. The first kappa shape index (κ1) is 22.6. The number of ether oxygens (including phenoxy) is 1. The molecular weight excluding hydrogens is 392 g/mol. The van der Waals surface area contributed by atoms with Gasteiger partial charge in [0.2, 0.25) is 0 Å². The van der Waals surface area contributed by atoms with Gasteiger partial charge >= 0.3 is 0 Å². The van der Waals surface area contributed by atoms with Gasteiger partial charge in [-0.05, 0) is 60.9 Å². The van der Waals surface area contributed by atoms with Gasteiger partial charge in [0.1, 0.15) is 5.82 Å². The van der Waals surface area contributed by atoms with Gasteiger partial charge in [0.05, 0.1) is 13.2 Å². The Balaban J connectivity index is 1.22. The van der Waals surface area contributed by atoms with E-state index in [1.165, 1.54) is 43.2 Å². The average molecular weight is 429 g/mol. The Labute approximate surface area is 193 Å². The molecule has 0 atom stereocenters. The summed E-state index contributed by atoms with van der Waals surface area (Å²) in [4.78, 5) is 4.39. The van der Waals surface area contributed by atoms with E-state index in [9.17, 15) is 0 Å². The minimum Gasteiger partial charge on any atom is -0.381 e. The lowest BCUT2D eigenvalue weighted by molar-refractivity contribution is -0.0372. The third kappa shape index (κ3) is 6.02. The second kappa shape index (κ2) is 10.8. The standard InChI is InChI=1S/C29H36N2O/c1-4-29-30-14-15-31(29)19-22(2)16-23(3)28-12-10-24(11-13-28)8-9-26-17-25(18-26)6-5-7-27-20-32-21-27/h10-16,25-27H,2,4-7,17-21H2,1,3H3/b23-16+. The highest BCUT2D eigenvalue weighted by Crippen LogP contribution is 2.37. The summed E-state index contributed by atoms with van der Waals surface area (Å²) in [5.74, 6) is 10.3. The van der Waals surface area contributed by atoms with Crippen LogP contribution in [0.25, 0.3) is 5.57 Å². The molecule has 32 heavy (non-hydrogen) atoms. The van der Waals surface area contributed by atoms with Gasteiger partial charge in [0, 0.05) is 42.8 Å². The number of nitrogens with zero attached hydrogens (tertiary/aromatic N) is 2. The average Bonchev–Trinajstić information content (AvgIpc) is 3.17. The first-order chi connectivity index (χ1) is 15.6. The molecule has 1 aliphatic carbocycles. The van der Waals surface area contributed by atoms with Crippen LogP contribution in [-0.4, -0.2) is 22.8 Å². The molecule has 1 saturated carbocycles. The van der Waals surface area contributed by atoms with Gasteiger partial charge in [0.15, 0.2) is 0 Å². The van der Waals surface area contributed by atoms with Crippen molar-refractivity contribution in [2.75, 3.05) is 13.2 Å². The summed E-state index contributed by atoms with van der Waals surface area (Å²) in [7, 11) is 0. The van der Waals surface area contributed by atoms with Crippen molar-refractivity contribution in [1.29, 1.82) is 0 Å². The number of aromatic nitrogens is 2. The first-order valence-corrected chi connectivity index (χ1v) is 12.2. The topological polar surface area (TPSA) is 27.1 Å². The highest BCUT2D eigenvalue weighted by Gasteiger charge is 2.27. The fourth-order valence-electron chi connectivity index (χ4n) is 4.69. The van der Waals surface area contributed by atoms with E-state index in [1.807, 2.05) is 12.4 Å². The van der Waals surface area contributed by atoms with Gasteiger partial charge in [0.25, 0.3) is 0 Å². The molecule has 0 amide bonds. The maximum atomic E-state index is 5.26. The molecular formula is C29H36N2O. The number of hydrogen-bond acceptors (Lipinski definition) is 2. The van der Waals surface area contributed by atoms with Crippen LogP contribution in [0.3, 0.4) is 0 Å². The zero-order valence-corrected chi connectivity index (χ0v) is 19.6. The van der Waals surface area contributed by atoms with E-state index in [0.29, 0.717) is 5.92 Å². The summed E-state index contributed by atoms with van der Waals surface area (Å²) in [5.41, 5.74) is 4.64. The van der Waals surface area contributed by atoms with Crippen LogP contribution in [0.2, 0.25) is 0 Å². The molecule has 3 nitrogen and oxygen atoms in total. The molecule has 0 N–H and O–H groups in total. The summed E-state index contributed by atoms with van der Waals surface area (Å²) in [5, 5.41) is 0. The number of aryl methyl sites for hydroxylation is 1. The zero-order chi connectivity index (χ0) is 22.3. The van der Waals surface area contributed by atoms with Crippen molar-refractivity contribution in [2.45, 2.75) is 58.9 Å². The second-order valence-electron chi connectivity index (χ2n) is 9.53. The van der Waals surface area contributed by atoms with E-state index in [4.69, 9.17) is 4.74 Å². The van der Waals surface area contributed by atoms with Crippen LogP contribution in [0.1, 0.15) is 62.9 Å². The van der Waals surface area contributed by atoms with Crippen molar-refractivity contribution in [3.63, 3.8) is 0 Å². The largest absolute Gasteiger partial charge is 0.381 e. The molecule has 168 valence electrons. The maximum Gasteiger partial charge on any atom is 0.108 e. The van der Waals surface area contributed by atoms with Crippen LogP contribution < -0.4 is 0 Å². The SMILES string of the molecule is C=C(/C=C(\C)c1ccc(C#CC2CC(CCCC3COC3)C2)cc1)Cn1ccnc1CC. The monoisotopic (exact) mass is 428 g/mol. The Morgan fingerprint density at radius 3 is 2.62 bits per heavy atom. The third-order valence-corrected chi connectivity index (χ3v) is 6.84. The summed E-state index contributed by atoms with van der Waals surface area (Å²) in [6, 6.07) is 8.63. The van der Waals surface area contributed by atoms with Crippen LogP contribution in [0, 0.1) is 29.6 Å². The smallest absolute Gasteiger partial charge is 0.108 e. The molecule has 1 saturated heterocycles. The lowest BCUT2D eigenvalue weighted by atomic mass is 9.72. The van der Waals surface area contributed by atoms with Crippen LogP contribution in [0.5, 0.6) is 0 Å². The summed E-state index contributed by atoms with van der Waals surface area (Å²) >= 11 is 0. The Bertz CT molecular complexity index is 992.